The Bertz CT molecular complexity index is 621. The highest BCUT2D eigenvalue weighted by molar-refractivity contribution is 5.85. The van der Waals surface area contributed by atoms with Crippen molar-refractivity contribution >= 4 is 24.0 Å². The van der Waals surface area contributed by atoms with Gasteiger partial charge in [0.05, 0.1) is 6.42 Å². The van der Waals surface area contributed by atoms with Gasteiger partial charge < -0.3 is 10.6 Å². The predicted octanol–water partition coefficient (Wildman–Crippen LogP) is 4.02. The first kappa shape index (κ1) is 19.0. The average molecular weight is 333 g/mol. The van der Waals surface area contributed by atoms with E-state index in [9.17, 15) is 4.79 Å². The Kier molecular flexibility index (Phi) is 7.11. The third-order valence-electron chi connectivity index (χ3n) is 3.83. The lowest BCUT2D eigenvalue weighted by molar-refractivity contribution is -0.129. The Labute approximate surface area is 144 Å². The molecule has 0 aliphatic rings. The second-order valence-corrected chi connectivity index (χ2v) is 6.06. The number of nitrogens with two attached hydrogens (primary N) is 1. The van der Waals surface area contributed by atoms with Gasteiger partial charge in [0, 0.05) is 19.3 Å². The third kappa shape index (κ3) is 5.61. The van der Waals surface area contributed by atoms with Gasteiger partial charge in [0.1, 0.15) is 0 Å². The summed E-state index contributed by atoms with van der Waals surface area (Å²) in [6, 6.07) is 15.9. The lowest BCUT2D eigenvalue weighted by Gasteiger charge is -2.18. The number of carbonyl (C=O) groups is 1. The summed E-state index contributed by atoms with van der Waals surface area (Å²) in [6.07, 6.45) is 0.404. The van der Waals surface area contributed by atoms with Crippen LogP contribution in [-0.2, 0) is 17.8 Å². The SMILES string of the molecule is CC(C)c1ccc(CN(C)C(=O)Cc2ccc(N)cc2)cc1.Cl. The summed E-state index contributed by atoms with van der Waals surface area (Å²) >= 11 is 0. The number of amides is 1. The lowest BCUT2D eigenvalue weighted by atomic mass is 10.0. The smallest absolute Gasteiger partial charge is 0.227 e. The molecular weight excluding hydrogens is 308 g/mol. The first-order chi connectivity index (χ1) is 10.5. The number of hydrogen-bond donors (Lipinski definition) is 1. The van der Waals surface area contributed by atoms with E-state index in [2.05, 4.69) is 38.1 Å². The normalized spacial score (nSPS) is 10.3. The molecule has 0 aromatic heterocycles. The first-order valence-corrected chi connectivity index (χ1v) is 7.63. The predicted molar refractivity (Wildman–Crippen MR) is 98.8 cm³/mol. The van der Waals surface area contributed by atoms with E-state index in [1.807, 2.05) is 31.3 Å². The highest BCUT2D eigenvalue weighted by Crippen LogP contribution is 2.16. The number of nitrogens with zero attached hydrogens (tertiary/aromatic N) is 1. The topological polar surface area (TPSA) is 46.3 Å². The molecule has 0 atom stereocenters. The summed E-state index contributed by atoms with van der Waals surface area (Å²) in [5.74, 6) is 0.636. The third-order valence-corrected chi connectivity index (χ3v) is 3.83. The van der Waals surface area contributed by atoms with Gasteiger partial charge in [0.25, 0.3) is 0 Å². The van der Waals surface area contributed by atoms with E-state index in [4.69, 9.17) is 5.73 Å². The van der Waals surface area contributed by atoms with Gasteiger partial charge in [-0.15, -0.1) is 12.4 Å². The van der Waals surface area contributed by atoms with Crippen molar-refractivity contribution in [1.82, 2.24) is 4.90 Å². The molecule has 0 saturated heterocycles. The van der Waals surface area contributed by atoms with Gasteiger partial charge in [0.2, 0.25) is 5.91 Å². The van der Waals surface area contributed by atoms with E-state index in [0.29, 0.717) is 18.9 Å². The van der Waals surface area contributed by atoms with Gasteiger partial charge in [0.15, 0.2) is 0 Å². The number of hydrogen-bond acceptors (Lipinski definition) is 2. The Balaban J connectivity index is 0.00000264. The second-order valence-electron chi connectivity index (χ2n) is 6.06. The molecule has 124 valence electrons. The van der Waals surface area contributed by atoms with Crippen LogP contribution in [-0.4, -0.2) is 17.9 Å². The second kappa shape index (κ2) is 8.59. The largest absolute Gasteiger partial charge is 0.399 e. The van der Waals surface area contributed by atoms with Crippen LogP contribution in [0.5, 0.6) is 0 Å². The molecule has 0 bridgehead atoms. The van der Waals surface area contributed by atoms with E-state index in [1.54, 1.807) is 4.90 Å². The van der Waals surface area contributed by atoms with Crippen molar-refractivity contribution in [2.75, 3.05) is 12.8 Å². The van der Waals surface area contributed by atoms with Crippen LogP contribution in [0.2, 0.25) is 0 Å². The zero-order valence-electron chi connectivity index (χ0n) is 14.0. The molecule has 0 radical (unpaired) electrons. The fourth-order valence-electron chi connectivity index (χ4n) is 2.32. The molecule has 0 spiro atoms. The van der Waals surface area contributed by atoms with E-state index in [-0.39, 0.29) is 18.3 Å². The molecule has 23 heavy (non-hydrogen) atoms. The fourth-order valence-corrected chi connectivity index (χ4v) is 2.32. The van der Waals surface area contributed by atoms with Gasteiger partial charge >= 0.3 is 0 Å². The van der Waals surface area contributed by atoms with Crippen LogP contribution in [0.1, 0.15) is 36.5 Å². The van der Waals surface area contributed by atoms with Gasteiger partial charge in [-0.2, -0.15) is 0 Å². The number of carbonyl (C=O) groups excluding carboxylic acids is 1. The number of halogens is 1. The van der Waals surface area contributed by atoms with Crippen molar-refractivity contribution in [3.63, 3.8) is 0 Å². The monoisotopic (exact) mass is 332 g/mol. The number of nitrogen functional groups attached to an aromatic ring is 1. The highest BCUT2D eigenvalue weighted by atomic mass is 35.5. The minimum Gasteiger partial charge on any atom is -0.399 e. The number of rotatable bonds is 5. The minimum absolute atomic E-state index is 0. The van der Waals surface area contributed by atoms with E-state index < -0.39 is 0 Å². The molecule has 3 nitrogen and oxygen atoms in total. The maximum atomic E-state index is 12.3. The Morgan fingerprint density at radius 1 is 1.00 bits per heavy atom. The average Bonchev–Trinajstić information content (AvgIpc) is 2.50. The van der Waals surface area contributed by atoms with Crippen molar-refractivity contribution in [1.29, 1.82) is 0 Å². The van der Waals surface area contributed by atoms with Crippen LogP contribution in [0.4, 0.5) is 5.69 Å². The van der Waals surface area contributed by atoms with Gasteiger partial charge in [-0.1, -0.05) is 50.2 Å². The van der Waals surface area contributed by atoms with E-state index in [0.717, 1.165) is 16.8 Å². The number of likely N-dealkylation sites (N-methyl/N-ethyl adjacent to an activating group) is 1. The van der Waals surface area contributed by atoms with Crippen LogP contribution < -0.4 is 5.73 Å². The first-order valence-electron chi connectivity index (χ1n) is 7.63. The molecule has 2 N–H and O–H groups in total. The molecule has 0 unspecified atom stereocenters. The van der Waals surface area contributed by atoms with Gasteiger partial charge in [-0.25, -0.2) is 0 Å². The van der Waals surface area contributed by atoms with Crippen molar-refractivity contribution in [3.05, 3.63) is 65.2 Å². The summed E-state index contributed by atoms with van der Waals surface area (Å²) in [5, 5.41) is 0. The summed E-state index contributed by atoms with van der Waals surface area (Å²) in [4.78, 5) is 14.0. The summed E-state index contributed by atoms with van der Waals surface area (Å²) in [6.45, 7) is 4.99. The van der Waals surface area contributed by atoms with Crippen LogP contribution in [0, 0.1) is 0 Å². The van der Waals surface area contributed by atoms with Crippen molar-refractivity contribution < 1.29 is 4.79 Å². The molecule has 0 fully saturated rings. The molecule has 1 amide bonds. The number of benzene rings is 2. The Morgan fingerprint density at radius 3 is 2.04 bits per heavy atom. The molecule has 0 saturated carbocycles. The molecular formula is C19H25ClN2O. The summed E-state index contributed by atoms with van der Waals surface area (Å²) in [7, 11) is 1.84. The standard InChI is InChI=1S/C19H24N2O.ClH/c1-14(2)17-8-4-16(5-9-17)13-21(3)19(22)12-15-6-10-18(20)11-7-15;/h4-11,14H,12-13,20H2,1-3H3;1H. The zero-order chi connectivity index (χ0) is 16.1. The maximum absolute atomic E-state index is 12.3. The van der Waals surface area contributed by atoms with Crippen LogP contribution in [0.15, 0.2) is 48.5 Å². The number of anilines is 1. The van der Waals surface area contributed by atoms with Crippen molar-refractivity contribution in [3.8, 4) is 0 Å². The van der Waals surface area contributed by atoms with Gasteiger partial charge in [-0.05, 0) is 34.7 Å². The zero-order valence-corrected chi connectivity index (χ0v) is 14.8. The molecule has 2 aromatic rings. The Morgan fingerprint density at radius 2 is 1.52 bits per heavy atom. The molecule has 4 heteroatoms. The molecule has 2 aromatic carbocycles. The summed E-state index contributed by atoms with van der Waals surface area (Å²) < 4.78 is 0. The van der Waals surface area contributed by atoms with E-state index >= 15 is 0 Å². The fraction of sp³-hybridized carbons (Fsp3) is 0.316. The van der Waals surface area contributed by atoms with Crippen LogP contribution in [0.25, 0.3) is 0 Å². The summed E-state index contributed by atoms with van der Waals surface area (Å²) in [5.41, 5.74) is 9.83. The molecule has 2 rings (SSSR count). The van der Waals surface area contributed by atoms with Crippen LogP contribution in [0.3, 0.4) is 0 Å². The molecule has 0 aliphatic heterocycles. The Hall–Kier alpha value is -2.00. The van der Waals surface area contributed by atoms with Crippen molar-refractivity contribution in [2.24, 2.45) is 0 Å². The van der Waals surface area contributed by atoms with Gasteiger partial charge in [-0.3, -0.25) is 4.79 Å². The van der Waals surface area contributed by atoms with E-state index in [1.165, 1.54) is 5.56 Å². The molecule has 0 heterocycles. The van der Waals surface area contributed by atoms with Crippen LogP contribution >= 0.6 is 12.4 Å². The molecule has 0 aliphatic carbocycles. The van der Waals surface area contributed by atoms with Crippen molar-refractivity contribution in [2.45, 2.75) is 32.7 Å². The lowest BCUT2D eigenvalue weighted by Crippen LogP contribution is -2.27. The minimum atomic E-state index is 0. The highest BCUT2D eigenvalue weighted by Gasteiger charge is 2.10. The quantitative estimate of drug-likeness (QED) is 0.841. The maximum Gasteiger partial charge on any atom is 0.227 e.